The van der Waals surface area contributed by atoms with Crippen molar-refractivity contribution in [3.8, 4) is 0 Å². The number of benzene rings is 1. The number of ketones is 1. The second kappa shape index (κ2) is 2.80. The number of fused-ring (bicyclic) bond motifs is 1. The first-order valence-corrected chi connectivity index (χ1v) is 4.78. The van der Waals surface area contributed by atoms with Gasteiger partial charge in [-0.1, -0.05) is 6.07 Å². The second-order valence-corrected chi connectivity index (χ2v) is 3.98. The van der Waals surface area contributed by atoms with Crippen molar-refractivity contribution in [2.24, 2.45) is 0 Å². The Labute approximate surface area is 83.1 Å². The van der Waals surface area contributed by atoms with Crippen molar-refractivity contribution in [3.63, 3.8) is 0 Å². The number of Topliss-reactive ketones (excluding diaryl/α,β-unsaturated/α-hetero) is 1. The van der Waals surface area contributed by atoms with Crippen LogP contribution in [0.15, 0.2) is 12.1 Å². The molecule has 62 valence electrons. The van der Waals surface area contributed by atoms with Gasteiger partial charge in [0.2, 0.25) is 0 Å². The molecule has 1 aromatic rings. The van der Waals surface area contributed by atoms with Crippen LogP contribution in [0.3, 0.4) is 0 Å². The highest BCUT2D eigenvalue weighted by Gasteiger charge is 2.24. The summed E-state index contributed by atoms with van der Waals surface area (Å²) in [5.41, 5.74) is 1.18. The molecule has 1 aromatic carbocycles. The molecule has 12 heavy (non-hydrogen) atoms. The van der Waals surface area contributed by atoms with Crippen LogP contribution < -0.4 is 0 Å². The monoisotopic (exact) mass is 276 g/mol. The Morgan fingerprint density at radius 3 is 2.83 bits per heavy atom. The van der Waals surface area contributed by atoms with Crippen LogP contribution in [0.25, 0.3) is 0 Å². The molecule has 0 radical (unpaired) electrons. The van der Waals surface area contributed by atoms with E-state index < -0.39 is 0 Å². The topological polar surface area (TPSA) is 17.1 Å². The summed E-state index contributed by atoms with van der Waals surface area (Å²) in [5, 5.41) is 0. The average Bonchev–Trinajstić information content (AvgIpc) is 2.41. The van der Waals surface area contributed by atoms with Gasteiger partial charge in [-0.2, -0.15) is 0 Å². The molecule has 0 heterocycles. The lowest BCUT2D eigenvalue weighted by Crippen LogP contribution is -1.98. The van der Waals surface area contributed by atoms with Gasteiger partial charge < -0.3 is 0 Å². The van der Waals surface area contributed by atoms with Crippen LogP contribution in [0.1, 0.15) is 22.3 Å². The maximum Gasteiger partial charge on any atom is 0.166 e. The van der Waals surface area contributed by atoms with Crippen molar-refractivity contribution in [3.05, 3.63) is 32.6 Å². The molecule has 1 aliphatic carbocycles. The smallest absolute Gasteiger partial charge is 0.166 e. The number of carbonyl (C=O) groups is 1. The van der Waals surface area contributed by atoms with Crippen LogP contribution in [0.5, 0.6) is 0 Å². The quantitative estimate of drug-likeness (QED) is 0.665. The van der Waals surface area contributed by atoms with Crippen LogP contribution in [-0.4, -0.2) is 5.78 Å². The molecular formula is C9H6FIO. The summed E-state index contributed by atoms with van der Waals surface area (Å²) < 4.78 is 13.9. The maximum atomic E-state index is 13.3. The fraction of sp³-hybridized carbons (Fsp3) is 0.222. The summed E-state index contributed by atoms with van der Waals surface area (Å²) in [6.45, 7) is 0. The molecule has 1 aliphatic rings. The SMILES string of the molecule is O=C1CCc2ccc(I)c(F)c21. The van der Waals surface area contributed by atoms with Crippen LogP contribution >= 0.6 is 22.6 Å². The largest absolute Gasteiger partial charge is 0.294 e. The van der Waals surface area contributed by atoms with E-state index in [1.54, 1.807) is 6.07 Å². The minimum absolute atomic E-state index is 0.0546. The first-order valence-electron chi connectivity index (χ1n) is 3.70. The summed E-state index contributed by atoms with van der Waals surface area (Å²) >= 11 is 1.90. The van der Waals surface area contributed by atoms with Crippen LogP contribution in [0.4, 0.5) is 4.39 Å². The molecule has 0 bridgehead atoms. The van der Waals surface area contributed by atoms with E-state index in [9.17, 15) is 9.18 Å². The second-order valence-electron chi connectivity index (χ2n) is 2.82. The third-order valence-electron chi connectivity index (χ3n) is 2.08. The Hall–Kier alpha value is -0.450. The van der Waals surface area contributed by atoms with Crippen molar-refractivity contribution >= 4 is 28.4 Å². The predicted molar refractivity (Wildman–Crippen MR) is 51.8 cm³/mol. The third kappa shape index (κ3) is 1.07. The Morgan fingerprint density at radius 2 is 2.08 bits per heavy atom. The molecule has 3 heteroatoms. The van der Waals surface area contributed by atoms with Gasteiger partial charge in [0, 0.05) is 9.99 Å². The highest BCUT2D eigenvalue weighted by atomic mass is 127. The highest BCUT2D eigenvalue weighted by molar-refractivity contribution is 14.1. The molecule has 0 amide bonds. The first kappa shape index (κ1) is 8.16. The van der Waals surface area contributed by atoms with Crippen LogP contribution in [0, 0.1) is 9.39 Å². The van der Waals surface area contributed by atoms with Gasteiger partial charge in [-0.15, -0.1) is 0 Å². The summed E-state index contributed by atoms with van der Waals surface area (Å²) in [5.74, 6) is -0.392. The van der Waals surface area contributed by atoms with E-state index in [4.69, 9.17) is 0 Å². The van der Waals surface area contributed by atoms with Crippen molar-refractivity contribution < 1.29 is 9.18 Å². The number of hydrogen-bond donors (Lipinski definition) is 0. The minimum Gasteiger partial charge on any atom is -0.294 e. The minimum atomic E-state index is -0.337. The molecule has 2 rings (SSSR count). The fourth-order valence-electron chi connectivity index (χ4n) is 1.47. The Kier molecular flexibility index (Phi) is 1.90. The highest BCUT2D eigenvalue weighted by Crippen LogP contribution is 2.27. The van der Waals surface area contributed by atoms with Crippen LogP contribution in [-0.2, 0) is 6.42 Å². The molecule has 0 aromatic heterocycles. The molecule has 0 unspecified atom stereocenters. The van der Waals surface area contributed by atoms with E-state index in [2.05, 4.69) is 0 Å². The van der Waals surface area contributed by atoms with Gasteiger partial charge in [-0.3, -0.25) is 4.79 Å². The Bertz CT molecular complexity index is 360. The number of aryl methyl sites for hydroxylation is 1. The van der Waals surface area contributed by atoms with E-state index in [0.29, 0.717) is 22.0 Å². The molecule has 0 fully saturated rings. The molecule has 0 N–H and O–H groups in total. The zero-order valence-electron chi connectivity index (χ0n) is 6.23. The van der Waals surface area contributed by atoms with Crippen LogP contribution in [0.2, 0.25) is 0 Å². The van der Waals surface area contributed by atoms with Crippen molar-refractivity contribution in [1.29, 1.82) is 0 Å². The lowest BCUT2D eigenvalue weighted by atomic mass is 10.1. The van der Waals surface area contributed by atoms with Gasteiger partial charge in [0.05, 0.1) is 5.56 Å². The van der Waals surface area contributed by atoms with Gasteiger partial charge in [-0.25, -0.2) is 4.39 Å². The predicted octanol–water partition coefficient (Wildman–Crippen LogP) is 2.56. The zero-order valence-corrected chi connectivity index (χ0v) is 8.39. The van der Waals surface area contributed by atoms with Gasteiger partial charge in [0.1, 0.15) is 5.82 Å². The van der Waals surface area contributed by atoms with E-state index in [1.165, 1.54) is 0 Å². The molecule has 1 nitrogen and oxygen atoms in total. The lowest BCUT2D eigenvalue weighted by molar-refractivity contribution is 0.0991. The Balaban J connectivity index is 2.71. The number of hydrogen-bond acceptors (Lipinski definition) is 1. The standard InChI is InChI=1S/C9H6FIO/c10-9-6(11)3-1-5-2-4-7(12)8(5)9/h1,3H,2,4H2. The molecule has 0 spiro atoms. The van der Waals surface area contributed by atoms with Gasteiger partial charge in [0.25, 0.3) is 0 Å². The lowest BCUT2D eigenvalue weighted by Gasteiger charge is -2.00. The molecule has 0 saturated heterocycles. The molecular weight excluding hydrogens is 270 g/mol. The average molecular weight is 276 g/mol. The van der Waals surface area contributed by atoms with E-state index in [1.807, 2.05) is 28.7 Å². The molecule has 0 aliphatic heterocycles. The third-order valence-corrected chi connectivity index (χ3v) is 2.91. The van der Waals surface area contributed by atoms with Gasteiger partial charge in [-0.05, 0) is 40.6 Å². The number of halogens is 2. The first-order chi connectivity index (χ1) is 5.70. The maximum absolute atomic E-state index is 13.3. The van der Waals surface area contributed by atoms with Gasteiger partial charge in [0.15, 0.2) is 5.78 Å². The van der Waals surface area contributed by atoms with Crippen molar-refractivity contribution in [2.45, 2.75) is 12.8 Å². The normalized spacial score (nSPS) is 15.0. The van der Waals surface area contributed by atoms with E-state index >= 15 is 0 Å². The molecule has 0 atom stereocenters. The fourth-order valence-corrected chi connectivity index (χ4v) is 1.92. The summed E-state index contributed by atoms with van der Waals surface area (Å²) in [6.07, 6.45) is 1.16. The van der Waals surface area contributed by atoms with Crippen molar-refractivity contribution in [2.75, 3.05) is 0 Å². The summed E-state index contributed by atoms with van der Waals surface area (Å²) in [7, 11) is 0. The Morgan fingerprint density at radius 1 is 1.33 bits per heavy atom. The summed E-state index contributed by atoms with van der Waals surface area (Å²) in [6, 6.07) is 3.55. The van der Waals surface area contributed by atoms with E-state index in [-0.39, 0.29) is 11.6 Å². The van der Waals surface area contributed by atoms with Gasteiger partial charge >= 0.3 is 0 Å². The van der Waals surface area contributed by atoms with E-state index in [0.717, 1.165) is 5.56 Å². The number of carbonyl (C=O) groups excluding carboxylic acids is 1. The molecule has 0 saturated carbocycles. The number of rotatable bonds is 0. The summed E-state index contributed by atoms with van der Waals surface area (Å²) in [4.78, 5) is 11.2. The zero-order chi connectivity index (χ0) is 8.72. The van der Waals surface area contributed by atoms with Crippen molar-refractivity contribution in [1.82, 2.24) is 0 Å².